The second-order valence-corrected chi connectivity index (χ2v) is 4.94. The third kappa shape index (κ3) is 5.20. The summed E-state index contributed by atoms with van der Waals surface area (Å²) in [5.41, 5.74) is 1.01. The predicted molar refractivity (Wildman–Crippen MR) is 83.2 cm³/mol. The Bertz CT molecular complexity index is 474. The van der Waals surface area contributed by atoms with E-state index in [0.29, 0.717) is 24.5 Å². The zero-order valence-electron chi connectivity index (χ0n) is 13.8. The molecule has 22 heavy (non-hydrogen) atoms. The first-order chi connectivity index (χ1) is 10.5. The third-order valence-corrected chi connectivity index (χ3v) is 3.41. The molecule has 1 rings (SSSR count). The van der Waals surface area contributed by atoms with Gasteiger partial charge in [0.2, 0.25) is 5.91 Å². The maximum Gasteiger partial charge on any atom is 0.223 e. The first-order valence-electron chi connectivity index (χ1n) is 7.09. The van der Waals surface area contributed by atoms with Crippen molar-refractivity contribution in [1.82, 2.24) is 5.32 Å². The number of methoxy groups -OCH3 is 4. The van der Waals surface area contributed by atoms with E-state index in [0.717, 1.165) is 5.56 Å². The van der Waals surface area contributed by atoms with Crippen molar-refractivity contribution in [1.29, 1.82) is 0 Å². The summed E-state index contributed by atoms with van der Waals surface area (Å²) < 4.78 is 20.5. The normalized spacial score (nSPS) is 12.1. The topological polar surface area (TPSA) is 66.0 Å². The van der Waals surface area contributed by atoms with Crippen molar-refractivity contribution in [3.05, 3.63) is 23.8 Å². The largest absolute Gasteiger partial charge is 0.493 e. The lowest BCUT2D eigenvalue weighted by Gasteiger charge is -2.17. The molecule has 0 aliphatic carbocycles. The van der Waals surface area contributed by atoms with Crippen LogP contribution in [0.2, 0.25) is 0 Å². The van der Waals surface area contributed by atoms with Gasteiger partial charge in [0.05, 0.1) is 20.8 Å². The van der Waals surface area contributed by atoms with E-state index in [9.17, 15) is 4.79 Å². The molecule has 1 aromatic rings. The SMILES string of the molecule is COc1ccc(CC(C)C(=O)NCC(OC)OC)cc1OC. The predicted octanol–water partition coefficient (Wildman–Crippen LogP) is 1.62. The van der Waals surface area contributed by atoms with E-state index < -0.39 is 6.29 Å². The molecular formula is C16H25NO5. The van der Waals surface area contributed by atoms with Crippen LogP contribution >= 0.6 is 0 Å². The molecule has 0 heterocycles. The smallest absolute Gasteiger partial charge is 0.223 e. The van der Waals surface area contributed by atoms with Gasteiger partial charge in [0.1, 0.15) is 0 Å². The highest BCUT2D eigenvalue weighted by molar-refractivity contribution is 5.78. The zero-order chi connectivity index (χ0) is 16.5. The summed E-state index contributed by atoms with van der Waals surface area (Å²) in [5.74, 6) is 1.11. The number of amides is 1. The van der Waals surface area contributed by atoms with Crippen LogP contribution in [-0.2, 0) is 20.7 Å². The quantitative estimate of drug-likeness (QED) is 0.702. The van der Waals surface area contributed by atoms with Crippen LogP contribution in [0.3, 0.4) is 0 Å². The van der Waals surface area contributed by atoms with E-state index in [1.807, 2.05) is 25.1 Å². The fourth-order valence-electron chi connectivity index (χ4n) is 2.07. The molecule has 0 radical (unpaired) electrons. The molecule has 6 nitrogen and oxygen atoms in total. The van der Waals surface area contributed by atoms with Crippen molar-refractivity contribution in [3.8, 4) is 11.5 Å². The molecule has 1 amide bonds. The molecular weight excluding hydrogens is 286 g/mol. The minimum atomic E-state index is -0.433. The summed E-state index contributed by atoms with van der Waals surface area (Å²) in [5, 5.41) is 2.81. The van der Waals surface area contributed by atoms with Gasteiger partial charge in [-0.05, 0) is 24.1 Å². The second kappa shape index (κ2) is 9.27. The number of ether oxygens (including phenoxy) is 4. The first kappa shape index (κ1) is 18.3. The fraction of sp³-hybridized carbons (Fsp3) is 0.562. The fourth-order valence-corrected chi connectivity index (χ4v) is 2.07. The summed E-state index contributed by atoms with van der Waals surface area (Å²) in [7, 11) is 6.25. The van der Waals surface area contributed by atoms with Crippen LogP contribution in [0.5, 0.6) is 11.5 Å². The Kier molecular flexibility index (Phi) is 7.70. The van der Waals surface area contributed by atoms with Crippen molar-refractivity contribution in [2.24, 2.45) is 5.92 Å². The Morgan fingerprint density at radius 2 is 1.73 bits per heavy atom. The average Bonchev–Trinajstić information content (AvgIpc) is 2.55. The lowest BCUT2D eigenvalue weighted by Crippen LogP contribution is -2.37. The Labute approximate surface area is 131 Å². The molecule has 0 aliphatic heterocycles. The van der Waals surface area contributed by atoms with Gasteiger partial charge >= 0.3 is 0 Å². The number of carbonyl (C=O) groups is 1. The van der Waals surface area contributed by atoms with E-state index in [1.54, 1.807) is 14.2 Å². The monoisotopic (exact) mass is 311 g/mol. The molecule has 1 aromatic carbocycles. The van der Waals surface area contributed by atoms with E-state index in [2.05, 4.69) is 5.32 Å². The van der Waals surface area contributed by atoms with Crippen molar-refractivity contribution in [3.63, 3.8) is 0 Å². The summed E-state index contributed by atoms with van der Waals surface area (Å²) in [6.07, 6.45) is 0.175. The van der Waals surface area contributed by atoms with Crippen molar-refractivity contribution < 1.29 is 23.7 Å². The summed E-state index contributed by atoms with van der Waals surface area (Å²) in [6.45, 7) is 2.20. The van der Waals surface area contributed by atoms with Crippen LogP contribution in [0, 0.1) is 5.92 Å². The maximum absolute atomic E-state index is 12.1. The molecule has 0 bridgehead atoms. The molecule has 0 aromatic heterocycles. The number of carbonyl (C=O) groups excluding carboxylic acids is 1. The first-order valence-corrected chi connectivity index (χ1v) is 7.09. The minimum Gasteiger partial charge on any atom is -0.493 e. The maximum atomic E-state index is 12.1. The van der Waals surface area contributed by atoms with Crippen molar-refractivity contribution >= 4 is 5.91 Å². The van der Waals surface area contributed by atoms with Crippen LogP contribution in [0.4, 0.5) is 0 Å². The second-order valence-electron chi connectivity index (χ2n) is 4.94. The van der Waals surface area contributed by atoms with Gasteiger partial charge in [0.15, 0.2) is 17.8 Å². The van der Waals surface area contributed by atoms with Gasteiger partial charge in [-0.2, -0.15) is 0 Å². The third-order valence-electron chi connectivity index (χ3n) is 3.41. The molecule has 0 aliphatic rings. The molecule has 1 unspecified atom stereocenters. The highest BCUT2D eigenvalue weighted by Crippen LogP contribution is 2.28. The summed E-state index contributed by atoms with van der Waals surface area (Å²) in [6, 6.07) is 5.65. The number of hydrogen-bond acceptors (Lipinski definition) is 5. The number of benzene rings is 1. The molecule has 1 atom stereocenters. The van der Waals surface area contributed by atoms with Crippen molar-refractivity contribution in [2.75, 3.05) is 35.0 Å². The van der Waals surface area contributed by atoms with E-state index in [1.165, 1.54) is 14.2 Å². The standard InChI is InChI=1S/C16H25NO5/c1-11(16(18)17-10-15(21-4)22-5)8-12-6-7-13(19-2)14(9-12)20-3/h6-7,9,11,15H,8,10H2,1-5H3,(H,17,18). The van der Waals surface area contributed by atoms with Gasteiger partial charge in [0, 0.05) is 20.1 Å². The van der Waals surface area contributed by atoms with E-state index in [-0.39, 0.29) is 11.8 Å². The molecule has 0 saturated carbocycles. The molecule has 0 saturated heterocycles. The Morgan fingerprint density at radius 3 is 2.27 bits per heavy atom. The lowest BCUT2D eigenvalue weighted by molar-refractivity contribution is -0.130. The minimum absolute atomic E-state index is 0.0473. The number of rotatable bonds is 9. The van der Waals surface area contributed by atoms with Gasteiger partial charge in [-0.3, -0.25) is 4.79 Å². The van der Waals surface area contributed by atoms with Gasteiger partial charge in [-0.15, -0.1) is 0 Å². The molecule has 124 valence electrons. The van der Waals surface area contributed by atoms with Gasteiger partial charge in [0.25, 0.3) is 0 Å². The summed E-state index contributed by atoms with van der Waals surface area (Å²) in [4.78, 5) is 12.1. The summed E-state index contributed by atoms with van der Waals surface area (Å²) >= 11 is 0. The van der Waals surface area contributed by atoms with E-state index in [4.69, 9.17) is 18.9 Å². The lowest BCUT2D eigenvalue weighted by atomic mass is 10.00. The highest BCUT2D eigenvalue weighted by Gasteiger charge is 2.16. The number of hydrogen-bond donors (Lipinski definition) is 1. The Balaban J connectivity index is 2.60. The van der Waals surface area contributed by atoms with Crippen LogP contribution in [0.25, 0.3) is 0 Å². The Hall–Kier alpha value is -1.79. The molecule has 6 heteroatoms. The van der Waals surface area contributed by atoms with Crippen molar-refractivity contribution in [2.45, 2.75) is 19.6 Å². The van der Waals surface area contributed by atoms with E-state index >= 15 is 0 Å². The van der Waals surface area contributed by atoms with Gasteiger partial charge < -0.3 is 24.3 Å². The van der Waals surface area contributed by atoms with Crippen LogP contribution in [0.15, 0.2) is 18.2 Å². The highest BCUT2D eigenvalue weighted by atomic mass is 16.7. The molecule has 1 N–H and O–H groups in total. The van der Waals surface area contributed by atoms with Crippen LogP contribution < -0.4 is 14.8 Å². The average molecular weight is 311 g/mol. The van der Waals surface area contributed by atoms with Gasteiger partial charge in [-0.1, -0.05) is 13.0 Å². The Morgan fingerprint density at radius 1 is 1.09 bits per heavy atom. The van der Waals surface area contributed by atoms with Crippen LogP contribution in [-0.4, -0.2) is 47.2 Å². The van der Waals surface area contributed by atoms with Crippen LogP contribution in [0.1, 0.15) is 12.5 Å². The molecule has 0 spiro atoms. The molecule has 0 fully saturated rings. The zero-order valence-corrected chi connectivity index (χ0v) is 13.8. The van der Waals surface area contributed by atoms with Gasteiger partial charge in [-0.25, -0.2) is 0 Å². The number of nitrogens with one attached hydrogen (secondary N) is 1.